The van der Waals surface area contributed by atoms with Gasteiger partial charge in [0.05, 0.1) is 0 Å². The Hall–Kier alpha value is -1.63. The zero-order valence-corrected chi connectivity index (χ0v) is 15.3. The van der Waals surface area contributed by atoms with Crippen LogP contribution in [-0.4, -0.2) is 58.4 Å². The van der Waals surface area contributed by atoms with E-state index < -0.39 is 0 Å². The van der Waals surface area contributed by atoms with E-state index in [0.29, 0.717) is 6.54 Å². The van der Waals surface area contributed by atoms with Gasteiger partial charge in [-0.05, 0) is 58.2 Å². The van der Waals surface area contributed by atoms with Crippen molar-refractivity contribution in [2.75, 3.05) is 32.7 Å². The lowest BCUT2D eigenvalue weighted by Crippen LogP contribution is -2.37. The fourth-order valence-corrected chi connectivity index (χ4v) is 3.75. The van der Waals surface area contributed by atoms with Crippen LogP contribution in [0.25, 0.3) is 0 Å². The summed E-state index contributed by atoms with van der Waals surface area (Å²) >= 11 is 0. The zero-order chi connectivity index (χ0) is 17.3. The van der Waals surface area contributed by atoms with E-state index in [1.165, 1.54) is 51.7 Å². The van der Waals surface area contributed by atoms with Gasteiger partial charge in [-0.3, -0.25) is 0 Å². The summed E-state index contributed by atoms with van der Waals surface area (Å²) in [5.74, 6) is 2.11. The van der Waals surface area contributed by atoms with Crippen LogP contribution in [-0.2, 0) is 19.4 Å². The minimum absolute atomic E-state index is 0.0724. The third-order valence-corrected chi connectivity index (χ3v) is 5.21. The maximum absolute atomic E-state index is 11.9. The molecule has 2 N–H and O–H groups in total. The predicted molar refractivity (Wildman–Crippen MR) is 97.6 cm³/mol. The number of carbonyl (C=O) groups is 1. The number of rotatable bonds is 8. The summed E-state index contributed by atoms with van der Waals surface area (Å²) in [6.07, 6.45) is 10.3. The standard InChI is InChI=1S/C18H32N6O/c25-18(19-10-3-5-12-23-13-6-7-14-23)20-11-9-17-22-21-16-8-2-1-4-15-24(16)17/h1-15H2,(H2,19,20,25). The molecule has 25 heavy (non-hydrogen) atoms. The van der Waals surface area contributed by atoms with Gasteiger partial charge in [0.15, 0.2) is 0 Å². The Morgan fingerprint density at radius 2 is 1.72 bits per heavy atom. The van der Waals surface area contributed by atoms with Crippen molar-refractivity contribution in [3.8, 4) is 0 Å². The summed E-state index contributed by atoms with van der Waals surface area (Å²) in [5, 5.41) is 14.5. The summed E-state index contributed by atoms with van der Waals surface area (Å²) in [5.41, 5.74) is 0. The number of hydrogen-bond donors (Lipinski definition) is 2. The molecule has 3 rings (SSSR count). The molecule has 1 saturated heterocycles. The van der Waals surface area contributed by atoms with E-state index in [9.17, 15) is 4.79 Å². The van der Waals surface area contributed by atoms with Crippen molar-refractivity contribution in [3.63, 3.8) is 0 Å². The monoisotopic (exact) mass is 348 g/mol. The first-order valence-electron chi connectivity index (χ1n) is 9.98. The van der Waals surface area contributed by atoms with Crippen LogP contribution >= 0.6 is 0 Å². The Bertz CT molecular complexity index is 538. The maximum atomic E-state index is 11.9. The smallest absolute Gasteiger partial charge is 0.314 e. The predicted octanol–water partition coefficient (Wildman–Crippen LogP) is 1.72. The van der Waals surface area contributed by atoms with Crippen LogP contribution in [0.2, 0.25) is 0 Å². The molecule has 0 aromatic carbocycles. The van der Waals surface area contributed by atoms with Crippen LogP contribution in [0.15, 0.2) is 0 Å². The highest BCUT2D eigenvalue weighted by molar-refractivity contribution is 5.73. The highest BCUT2D eigenvalue weighted by Gasteiger charge is 2.14. The molecule has 140 valence electrons. The molecule has 0 atom stereocenters. The first-order valence-corrected chi connectivity index (χ1v) is 9.98. The highest BCUT2D eigenvalue weighted by Crippen LogP contribution is 2.14. The molecular formula is C18H32N6O. The van der Waals surface area contributed by atoms with E-state index in [1.54, 1.807) is 0 Å². The van der Waals surface area contributed by atoms with Gasteiger partial charge in [0.1, 0.15) is 11.6 Å². The number of aryl methyl sites for hydroxylation is 1. The van der Waals surface area contributed by atoms with Crippen LogP contribution in [0.1, 0.15) is 56.6 Å². The second-order valence-electron chi connectivity index (χ2n) is 7.18. The Balaban J connectivity index is 1.26. The summed E-state index contributed by atoms with van der Waals surface area (Å²) in [6, 6.07) is -0.0724. The van der Waals surface area contributed by atoms with Crippen molar-refractivity contribution < 1.29 is 4.79 Å². The second kappa shape index (κ2) is 9.75. The van der Waals surface area contributed by atoms with E-state index in [4.69, 9.17) is 0 Å². The van der Waals surface area contributed by atoms with E-state index in [2.05, 4.69) is 30.3 Å². The third kappa shape index (κ3) is 5.70. The molecule has 1 fully saturated rings. The van der Waals surface area contributed by atoms with Crippen LogP contribution in [0.3, 0.4) is 0 Å². The molecule has 2 amide bonds. The number of likely N-dealkylation sites (tertiary alicyclic amines) is 1. The van der Waals surface area contributed by atoms with Crippen LogP contribution in [0.4, 0.5) is 4.79 Å². The first kappa shape index (κ1) is 18.2. The van der Waals surface area contributed by atoms with Crippen LogP contribution in [0.5, 0.6) is 0 Å². The molecular weight excluding hydrogens is 316 g/mol. The molecule has 7 nitrogen and oxygen atoms in total. The van der Waals surface area contributed by atoms with E-state index in [1.807, 2.05) is 0 Å². The van der Waals surface area contributed by atoms with Gasteiger partial charge in [-0.25, -0.2) is 4.79 Å². The van der Waals surface area contributed by atoms with Crippen LogP contribution < -0.4 is 10.6 Å². The second-order valence-corrected chi connectivity index (χ2v) is 7.18. The number of urea groups is 1. The van der Waals surface area contributed by atoms with Gasteiger partial charge in [-0.15, -0.1) is 10.2 Å². The summed E-state index contributed by atoms with van der Waals surface area (Å²) < 4.78 is 2.24. The molecule has 0 unspecified atom stereocenters. The normalized spacial score (nSPS) is 17.9. The average Bonchev–Trinajstić information content (AvgIpc) is 3.19. The SMILES string of the molecule is O=C(NCCCCN1CCCC1)NCCc1nnc2n1CCCCC2. The van der Waals surface area contributed by atoms with Crippen molar-refractivity contribution in [1.82, 2.24) is 30.3 Å². The lowest BCUT2D eigenvalue weighted by atomic mass is 10.2. The lowest BCUT2D eigenvalue weighted by molar-refractivity contribution is 0.240. The van der Waals surface area contributed by atoms with E-state index in [0.717, 1.165) is 50.4 Å². The molecule has 0 aliphatic carbocycles. The molecule has 0 spiro atoms. The minimum atomic E-state index is -0.0724. The molecule has 3 heterocycles. The van der Waals surface area contributed by atoms with Crippen LogP contribution in [0, 0.1) is 0 Å². The van der Waals surface area contributed by atoms with Crippen molar-refractivity contribution in [2.45, 2.75) is 64.3 Å². The Kier molecular flexibility index (Phi) is 7.09. The quantitative estimate of drug-likeness (QED) is 0.702. The molecule has 0 bridgehead atoms. The van der Waals surface area contributed by atoms with Gasteiger partial charge in [0, 0.05) is 32.5 Å². The zero-order valence-electron chi connectivity index (χ0n) is 15.3. The number of amides is 2. The first-order chi connectivity index (χ1) is 12.3. The topological polar surface area (TPSA) is 75.1 Å². The van der Waals surface area contributed by atoms with Gasteiger partial charge in [0.25, 0.3) is 0 Å². The Morgan fingerprint density at radius 3 is 2.60 bits per heavy atom. The minimum Gasteiger partial charge on any atom is -0.338 e. The molecule has 1 aromatic heterocycles. The van der Waals surface area contributed by atoms with Crippen molar-refractivity contribution in [1.29, 1.82) is 0 Å². The van der Waals surface area contributed by atoms with Gasteiger partial charge >= 0.3 is 6.03 Å². The third-order valence-electron chi connectivity index (χ3n) is 5.21. The van der Waals surface area contributed by atoms with E-state index in [-0.39, 0.29) is 6.03 Å². The molecule has 0 saturated carbocycles. The summed E-state index contributed by atoms with van der Waals surface area (Å²) in [4.78, 5) is 14.4. The number of aromatic nitrogens is 3. The highest BCUT2D eigenvalue weighted by atomic mass is 16.2. The largest absolute Gasteiger partial charge is 0.338 e. The molecule has 2 aliphatic heterocycles. The molecule has 1 aromatic rings. The average molecular weight is 348 g/mol. The maximum Gasteiger partial charge on any atom is 0.314 e. The van der Waals surface area contributed by atoms with Gasteiger partial charge < -0.3 is 20.1 Å². The van der Waals surface area contributed by atoms with Crippen molar-refractivity contribution in [2.24, 2.45) is 0 Å². The Morgan fingerprint density at radius 1 is 0.920 bits per heavy atom. The van der Waals surface area contributed by atoms with E-state index >= 15 is 0 Å². The lowest BCUT2D eigenvalue weighted by Gasteiger charge is -2.14. The number of hydrogen-bond acceptors (Lipinski definition) is 4. The number of nitrogens with zero attached hydrogens (tertiary/aromatic N) is 4. The molecule has 7 heteroatoms. The fraction of sp³-hybridized carbons (Fsp3) is 0.833. The van der Waals surface area contributed by atoms with Gasteiger partial charge in [-0.1, -0.05) is 6.42 Å². The number of fused-ring (bicyclic) bond motifs is 1. The van der Waals surface area contributed by atoms with Crippen molar-refractivity contribution in [3.05, 3.63) is 11.6 Å². The van der Waals surface area contributed by atoms with Crippen molar-refractivity contribution >= 4 is 6.03 Å². The fourth-order valence-electron chi connectivity index (χ4n) is 3.75. The number of unbranched alkanes of at least 4 members (excludes halogenated alkanes) is 1. The summed E-state index contributed by atoms with van der Waals surface area (Å²) in [6.45, 7) is 6.04. The Labute approximate surface area is 150 Å². The number of carbonyl (C=O) groups excluding carboxylic acids is 1. The molecule has 0 radical (unpaired) electrons. The summed E-state index contributed by atoms with van der Waals surface area (Å²) in [7, 11) is 0. The molecule has 2 aliphatic rings. The van der Waals surface area contributed by atoms with Gasteiger partial charge in [0.2, 0.25) is 0 Å². The number of nitrogens with one attached hydrogen (secondary N) is 2. The van der Waals surface area contributed by atoms with Gasteiger partial charge in [-0.2, -0.15) is 0 Å².